The van der Waals surface area contributed by atoms with Gasteiger partial charge in [-0.25, -0.2) is 0 Å². The van der Waals surface area contributed by atoms with E-state index >= 15 is 0 Å². The number of phenolic OH excluding ortho intramolecular Hbond substituents is 1. The first-order valence-corrected chi connectivity index (χ1v) is 8.58. The molecule has 6 heteroatoms. The Bertz CT molecular complexity index is 732. The predicted molar refractivity (Wildman–Crippen MR) is 93.4 cm³/mol. The second-order valence-electron chi connectivity index (χ2n) is 5.46. The highest BCUT2D eigenvalue weighted by atomic mass is 32.2. The predicted octanol–water partition coefficient (Wildman–Crippen LogP) is 3.18. The number of aromatic hydroxyl groups is 1. The Labute approximate surface area is 145 Å². The Morgan fingerprint density at radius 1 is 1.17 bits per heavy atom. The van der Waals surface area contributed by atoms with Crippen molar-refractivity contribution in [2.45, 2.75) is 11.9 Å². The molecule has 0 saturated carbocycles. The van der Waals surface area contributed by atoms with Crippen LogP contribution in [-0.4, -0.2) is 35.9 Å². The van der Waals surface area contributed by atoms with Crippen molar-refractivity contribution in [2.75, 3.05) is 20.0 Å². The summed E-state index contributed by atoms with van der Waals surface area (Å²) in [5, 5.41) is 9.68. The fourth-order valence-corrected chi connectivity index (χ4v) is 3.87. The van der Waals surface area contributed by atoms with Gasteiger partial charge in [-0.05, 0) is 35.4 Å². The molecule has 3 rings (SSSR count). The number of hydrogen-bond donors (Lipinski definition) is 1. The lowest BCUT2D eigenvalue weighted by atomic mass is 10.1. The third kappa shape index (κ3) is 3.28. The third-order valence-corrected chi connectivity index (χ3v) is 5.22. The van der Waals surface area contributed by atoms with Crippen LogP contribution in [0.1, 0.15) is 16.5 Å². The molecule has 2 aromatic carbocycles. The summed E-state index contributed by atoms with van der Waals surface area (Å²) < 4.78 is 10.3. The quantitative estimate of drug-likeness (QED) is 0.902. The van der Waals surface area contributed by atoms with Gasteiger partial charge in [0.25, 0.3) is 0 Å². The lowest BCUT2D eigenvalue weighted by Gasteiger charge is -2.24. The molecule has 2 aromatic rings. The average molecular weight is 345 g/mol. The molecule has 0 aliphatic carbocycles. The number of thioether (sulfide) groups is 1. The minimum absolute atomic E-state index is 0.0248. The summed E-state index contributed by atoms with van der Waals surface area (Å²) in [6.07, 6.45) is 0. The number of carbonyl (C=O) groups is 1. The Hall–Kier alpha value is -2.34. The number of amides is 1. The van der Waals surface area contributed by atoms with Gasteiger partial charge in [0.2, 0.25) is 5.91 Å². The summed E-state index contributed by atoms with van der Waals surface area (Å²) in [5.41, 5.74) is 1.98. The Morgan fingerprint density at radius 2 is 1.92 bits per heavy atom. The Morgan fingerprint density at radius 3 is 2.58 bits per heavy atom. The highest BCUT2D eigenvalue weighted by Gasteiger charge is 2.32. The van der Waals surface area contributed by atoms with Crippen LogP contribution in [0.3, 0.4) is 0 Å². The van der Waals surface area contributed by atoms with Gasteiger partial charge in [-0.2, -0.15) is 0 Å². The topological polar surface area (TPSA) is 59.0 Å². The second kappa shape index (κ2) is 7.05. The Balaban J connectivity index is 1.82. The maximum absolute atomic E-state index is 12.3. The lowest BCUT2D eigenvalue weighted by molar-refractivity contribution is -0.128. The summed E-state index contributed by atoms with van der Waals surface area (Å²) >= 11 is 1.61. The third-order valence-electron chi connectivity index (χ3n) is 3.97. The number of nitrogens with zero attached hydrogens (tertiary/aromatic N) is 1. The highest BCUT2D eigenvalue weighted by molar-refractivity contribution is 8.00. The molecule has 1 heterocycles. The van der Waals surface area contributed by atoms with Gasteiger partial charge < -0.3 is 19.5 Å². The molecule has 24 heavy (non-hydrogen) atoms. The summed E-state index contributed by atoms with van der Waals surface area (Å²) in [6, 6.07) is 12.9. The minimum atomic E-state index is -0.0248. The molecule has 1 atom stereocenters. The first-order valence-electron chi connectivity index (χ1n) is 7.53. The van der Waals surface area contributed by atoms with Gasteiger partial charge in [0.1, 0.15) is 11.1 Å². The molecule has 1 saturated heterocycles. The van der Waals surface area contributed by atoms with E-state index in [1.165, 1.54) is 7.11 Å². The largest absolute Gasteiger partial charge is 0.504 e. The zero-order valence-electron chi connectivity index (χ0n) is 13.6. The molecule has 1 unspecified atom stereocenters. The molecule has 1 amide bonds. The molecule has 0 aromatic heterocycles. The van der Waals surface area contributed by atoms with E-state index in [4.69, 9.17) is 9.47 Å². The van der Waals surface area contributed by atoms with E-state index in [-0.39, 0.29) is 17.0 Å². The second-order valence-corrected chi connectivity index (χ2v) is 6.53. The van der Waals surface area contributed by atoms with Crippen LogP contribution in [-0.2, 0) is 11.3 Å². The van der Waals surface area contributed by atoms with E-state index in [2.05, 4.69) is 0 Å². The van der Waals surface area contributed by atoms with Crippen LogP contribution in [0.15, 0.2) is 42.5 Å². The average Bonchev–Trinajstić information content (AvgIpc) is 2.97. The number of rotatable bonds is 5. The minimum Gasteiger partial charge on any atom is -0.504 e. The molecule has 5 nitrogen and oxygen atoms in total. The number of benzene rings is 2. The van der Waals surface area contributed by atoms with Crippen molar-refractivity contribution in [2.24, 2.45) is 0 Å². The van der Waals surface area contributed by atoms with Crippen molar-refractivity contribution >= 4 is 17.7 Å². The van der Waals surface area contributed by atoms with E-state index < -0.39 is 0 Å². The normalized spacial score (nSPS) is 17.2. The van der Waals surface area contributed by atoms with Gasteiger partial charge in [-0.1, -0.05) is 18.2 Å². The van der Waals surface area contributed by atoms with Crippen molar-refractivity contribution in [1.29, 1.82) is 0 Å². The van der Waals surface area contributed by atoms with Crippen molar-refractivity contribution < 1.29 is 19.4 Å². The summed E-state index contributed by atoms with van der Waals surface area (Å²) in [7, 11) is 3.14. The van der Waals surface area contributed by atoms with Gasteiger partial charge in [0.05, 0.1) is 20.0 Å². The SMILES string of the molecule is COc1ccc(C2SCC(=O)N2Cc2ccc(O)c(OC)c2)cc1. The van der Waals surface area contributed by atoms with E-state index in [9.17, 15) is 9.90 Å². The zero-order valence-corrected chi connectivity index (χ0v) is 14.4. The molecule has 0 radical (unpaired) electrons. The lowest BCUT2D eigenvalue weighted by Crippen LogP contribution is -2.27. The number of methoxy groups -OCH3 is 2. The maximum Gasteiger partial charge on any atom is 0.234 e. The van der Waals surface area contributed by atoms with Crippen LogP contribution in [0.5, 0.6) is 17.2 Å². The van der Waals surface area contributed by atoms with Crippen molar-refractivity contribution in [1.82, 2.24) is 4.90 Å². The molecule has 1 aliphatic rings. The number of phenols is 1. The van der Waals surface area contributed by atoms with Crippen molar-refractivity contribution in [3.63, 3.8) is 0 Å². The maximum atomic E-state index is 12.3. The fourth-order valence-electron chi connectivity index (χ4n) is 2.69. The molecule has 1 aliphatic heterocycles. The zero-order chi connectivity index (χ0) is 17.1. The molecule has 1 N–H and O–H groups in total. The van der Waals surface area contributed by atoms with Crippen LogP contribution < -0.4 is 9.47 Å². The van der Waals surface area contributed by atoms with Crippen LogP contribution in [0.4, 0.5) is 0 Å². The summed E-state index contributed by atoms with van der Waals surface area (Å²) in [4.78, 5) is 14.2. The van der Waals surface area contributed by atoms with E-state index in [1.807, 2.05) is 29.2 Å². The molecule has 0 bridgehead atoms. The number of ether oxygens (including phenoxy) is 2. The molecule has 126 valence electrons. The summed E-state index contributed by atoms with van der Waals surface area (Å²) in [6.45, 7) is 0.471. The number of hydrogen-bond acceptors (Lipinski definition) is 5. The van der Waals surface area contributed by atoms with E-state index in [1.54, 1.807) is 37.1 Å². The number of carbonyl (C=O) groups excluding carboxylic acids is 1. The van der Waals surface area contributed by atoms with Gasteiger partial charge in [-0.3, -0.25) is 4.79 Å². The molecular weight excluding hydrogens is 326 g/mol. The van der Waals surface area contributed by atoms with Crippen molar-refractivity contribution in [3.8, 4) is 17.2 Å². The standard InChI is InChI=1S/C18H19NO4S/c1-22-14-6-4-13(5-7-14)18-19(17(21)11-24-18)10-12-3-8-15(20)16(9-12)23-2/h3-9,18,20H,10-11H2,1-2H3. The van der Waals surface area contributed by atoms with Gasteiger partial charge in [0.15, 0.2) is 11.5 Å². The molecule has 1 fully saturated rings. The fraction of sp³-hybridized carbons (Fsp3) is 0.278. The van der Waals surface area contributed by atoms with Gasteiger partial charge >= 0.3 is 0 Å². The first-order chi connectivity index (χ1) is 11.6. The highest BCUT2D eigenvalue weighted by Crippen LogP contribution is 2.40. The van der Waals surface area contributed by atoms with E-state index in [0.29, 0.717) is 18.0 Å². The van der Waals surface area contributed by atoms with Crippen molar-refractivity contribution in [3.05, 3.63) is 53.6 Å². The van der Waals surface area contributed by atoms with Gasteiger partial charge in [-0.15, -0.1) is 11.8 Å². The first kappa shape index (κ1) is 16.5. The van der Waals surface area contributed by atoms with Crippen LogP contribution >= 0.6 is 11.8 Å². The molecular formula is C18H19NO4S. The smallest absolute Gasteiger partial charge is 0.234 e. The van der Waals surface area contributed by atoms with E-state index in [0.717, 1.165) is 16.9 Å². The Kier molecular flexibility index (Phi) is 4.85. The van der Waals surface area contributed by atoms with Crippen LogP contribution in [0, 0.1) is 0 Å². The summed E-state index contributed by atoms with van der Waals surface area (Å²) in [5.74, 6) is 1.87. The van der Waals surface area contributed by atoms with Crippen LogP contribution in [0.2, 0.25) is 0 Å². The molecule has 0 spiro atoms. The van der Waals surface area contributed by atoms with Gasteiger partial charge in [0, 0.05) is 6.54 Å². The van der Waals surface area contributed by atoms with Crippen LogP contribution in [0.25, 0.3) is 0 Å². The monoisotopic (exact) mass is 345 g/mol.